The van der Waals surface area contributed by atoms with E-state index < -0.39 is 5.82 Å². The lowest BCUT2D eigenvalue weighted by molar-refractivity contribution is -0.126. The van der Waals surface area contributed by atoms with Crippen molar-refractivity contribution < 1.29 is 13.9 Å². The van der Waals surface area contributed by atoms with Gasteiger partial charge in [0.15, 0.2) is 11.6 Å². The second kappa shape index (κ2) is 6.82. The molecule has 0 atom stereocenters. The molecule has 1 aromatic carbocycles. The van der Waals surface area contributed by atoms with Gasteiger partial charge in [-0.15, -0.1) is 0 Å². The van der Waals surface area contributed by atoms with E-state index >= 15 is 0 Å². The van der Waals surface area contributed by atoms with Crippen molar-refractivity contribution in [2.45, 2.75) is 13.3 Å². The van der Waals surface area contributed by atoms with Gasteiger partial charge in [-0.2, -0.15) is 0 Å². The smallest absolute Gasteiger partial charge is 0.241 e. The number of ether oxygens (including phenoxy) is 1. The molecular formula is C13H20FN3O2. The zero-order chi connectivity index (χ0) is 14.4. The Kier molecular flexibility index (Phi) is 5.41. The number of hydrogen-bond donors (Lipinski definition) is 2. The highest BCUT2D eigenvalue weighted by molar-refractivity contribution is 5.82. The molecule has 1 amide bonds. The summed E-state index contributed by atoms with van der Waals surface area (Å²) in [7, 11) is 3.32. The van der Waals surface area contributed by atoms with Crippen LogP contribution in [-0.2, 0) is 4.79 Å². The van der Waals surface area contributed by atoms with Crippen LogP contribution in [0, 0.1) is 5.82 Å². The molecule has 19 heavy (non-hydrogen) atoms. The van der Waals surface area contributed by atoms with E-state index in [1.54, 1.807) is 14.1 Å². The first-order valence-electron chi connectivity index (χ1n) is 6.11. The molecule has 1 rings (SSSR count). The summed E-state index contributed by atoms with van der Waals surface area (Å²) in [6.07, 6.45) is 0.783. The normalized spacial score (nSPS) is 10.1. The van der Waals surface area contributed by atoms with E-state index in [9.17, 15) is 9.18 Å². The first kappa shape index (κ1) is 15.1. The quantitative estimate of drug-likeness (QED) is 0.771. The Hall–Kier alpha value is -1.98. The van der Waals surface area contributed by atoms with E-state index in [2.05, 4.69) is 5.32 Å². The number of hydrogen-bond acceptors (Lipinski definition) is 4. The molecule has 0 aliphatic rings. The maximum atomic E-state index is 13.6. The van der Waals surface area contributed by atoms with Crippen LogP contribution in [0.5, 0.6) is 5.75 Å². The fourth-order valence-electron chi connectivity index (χ4n) is 1.37. The third-order valence-corrected chi connectivity index (χ3v) is 2.49. The summed E-state index contributed by atoms with van der Waals surface area (Å²) in [5.74, 6) is -0.467. The molecule has 0 unspecified atom stereocenters. The molecule has 0 saturated heterocycles. The van der Waals surface area contributed by atoms with Crippen molar-refractivity contribution in [3.05, 3.63) is 17.9 Å². The average molecular weight is 269 g/mol. The van der Waals surface area contributed by atoms with Crippen molar-refractivity contribution >= 4 is 17.3 Å². The van der Waals surface area contributed by atoms with Crippen LogP contribution in [0.2, 0.25) is 0 Å². The molecule has 1 aromatic rings. The number of nitrogens with zero attached hydrogens (tertiary/aromatic N) is 1. The van der Waals surface area contributed by atoms with Gasteiger partial charge in [0.25, 0.3) is 0 Å². The number of carbonyl (C=O) groups excluding carboxylic acids is 1. The Balaban J connectivity index is 2.79. The molecular weight excluding hydrogens is 249 g/mol. The van der Waals surface area contributed by atoms with Crippen LogP contribution in [-0.4, -0.2) is 38.1 Å². The molecule has 0 spiro atoms. The molecule has 0 radical (unpaired) electrons. The minimum Gasteiger partial charge on any atom is -0.490 e. The molecule has 0 fully saturated rings. The van der Waals surface area contributed by atoms with Crippen LogP contribution in [0.4, 0.5) is 15.8 Å². The van der Waals surface area contributed by atoms with Crippen LogP contribution in [0.1, 0.15) is 13.3 Å². The van der Waals surface area contributed by atoms with Crippen LogP contribution in [0.3, 0.4) is 0 Å². The molecule has 0 aliphatic heterocycles. The Morgan fingerprint density at radius 1 is 1.47 bits per heavy atom. The molecule has 6 heteroatoms. The van der Waals surface area contributed by atoms with E-state index in [1.807, 2.05) is 6.92 Å². The van der Waals surface area contributed by atoms with Gasteiger partial charge in [-0.1, -0.05) is 6.92 Å². The van der Waals surface area contributed by atoms with Crippen molar-refractivity contribution in [1.29, 1.82) is 0 Å². The molecule has 106 valence electrons. The van der Waals surface area contributed by atoms with E-state index in [0.717, 1.165) is 6.42 Å². The summed E-state index contributed by atoms with van der Waals surface area (Å²) in [4.78, 5) is 12.9. The largest absolute Gasteiger partial charge is 0.490 e. The molecule has 3 N–H and O–H groups in total. The number of anilines is 2. The van der Waals surface area contributed by atoms with Crippen molar-refractivity contribution in [3.63, 3.8) is 0 Å². The lowest BCUT2D eigenvalue weighted by Crippen LogP contribution is -2.28. The second-order valence-corrected chi connectivity index (χ2v) is 4.36. The second-order valence-electron chi connectivity index (χ2n) is 4.36. The van der Waals surface area contributed by atoms with Gasteiger partial charge in [0, 0.05) is 26.2 Å². The summed E-state index contributed by atoms with van der Waals surface area (Å²) < 4.78 is 18.8. The fourth-order valence-corrected chi connectivity index (χ4v) is 1.37. The van der Waals surface area contributed by atoms with E-state index in [0.29, 0.717) is 12.3 Å². The predicted molar refractivity (Wildman–Crippen MR) is 73.8 cm³/mol. The highest BCUT2D eigenvalue weighted by atomic mass is 19.1. The maximum Gasteiger partial charge on any atom is 0.241 e. The lowest BCUT2D eigenvalue weighted by Gasteiger charge is -2.15. The molecule has 0 saturated carbocycles. The Morgan fingerprint density at radius 3 is 2.74 bits per heavy atom. The minimum atomic E-state index is -0.504. The first-order chi connectivity index (χ1) is 8.95. The van der Waals surface area contributed by atoms with E-state index in [4.69, 9.17) is 10.5 Å². The zero-order valence-electron chi connectivity index (χ0n) is 11.5. The van der Waals surface area contributed by atoms with Gasteiger partial charge < -0.3 is 20.7 Å². The number of likely N-dealkylation sites (N-methyl/N-ethyl adjacent to an activating group) is 1. The maximum absolute atomic E-state index is 13.6. The number of nitrogens with one attached hydrogen (secondary N) is 1. The number of amides is 1. The molecule has 5 nitrogen and oxygen atoms in total. The van der Waals surface area contributed by atoms with Crippen LogP contribution < -0.4 is 15.8 Å². The monoisotopic (exact) mass is 269 g/mol. The number of carbonyl (C=O) groups is 1. The van der Waals surface area contributed by atoms with Crippen molar-refractivity contribution in [2.24, 2.45) is 0 Å². The van der Waals surface area contributed by atoms with Crippen molar-refractivity contribution in [3.8, 4) is 5.75 Å². The summed E-state index contributed by atoms with van der Waals surface area (Å²) >= 11 is 0. The zero-order valence-corrected chi connectivity index (χ0v) is 11.5. The fraction of sp³-hybridized carbons (Fsp3) is 0.462. The number of rotatable bonds is 6. The molecule has 0 aromatic heterocycles. The van der Waals surface area contributed by atoms with Gasteiger partial charge >= 0.3 is 0 Å². The van der Waals surface area contributed by atoms with Gasteiger partial charge in [0.1, 0.15) is 0 Å². The first-order valence-corrected chi connectivity index (χ1v) is 6.11. The Morgan fingerprint density at radius 2 is 2.16 bits per heavy atom. The van der Waals surface area contributed by atoms with Gasteiger partial charge in [0.2, 0.25) is 5.91 Å². The highest BCUT2D eigenvalue weighted by Crippen LogP contribution is 2.28. The number of nitrogen functional groups attached to an aromatic ring is 1. The SMILES string of the molecule is CCCOc1cc(NCC(=O)N(C)C)c(N)cc1F. The Labute approximate surface area is 112 Å². The van der Waals surface area contributed by atoms with Crippen LogP contribution in [0.15, 0.2) is 12.1 Å². The summed E-state index contributed by atoms with van der Waals surface area (Å²) in [6.45, 7) is 2.46. The van der Waals surface area contributed by atoms with Crippen LogP contribution in [0.25, 0.3) is 0 Å². The standard InChI is InChI=1S/C13H20FN3O2/c1-4-5-19-12-7-11(10(15)6-9(12)14)16-8-13(18)17(2)3/h6-7,16H,4-5,8,15H2,1-3H3. The third kappa shape index (κ3) is 4.31. The topological polar surface area (TPSA) is 67.6 Å². The van der Waals surface area contributed by atoms with Gasteiger partial charge in [-0.3, -0.25) is 4.79 Å². The predicted octanol–water partition coefficient (Wildman–Crippen LogP) is 1.70. The van der Waals surface area contributed by atoms with E-state index in [-0.39, 0.29) is 23.9 Å². The van der Waals surface area contributed by atoms with Crippen molar-refractivity contribution in [1.82, 2.24) is 4.90 Å². The number of nitrogens with two attached hydrogens (primary N) is 1. The average Bonchev–Trinajstić information content (AvgIpc) is 2.36. The van der Waals surface area contributed by atoms with Gasteiger partial charge in [0.05, 0.1) is 24.5 Å². The molecule has 0 heterocycles. The lowest BCUT2D eigenvalue weighted by atomic mass is 10.2. The Bertz CT molecular complexity index is 450. The summed E-state index contributed by atoms with van der Waals surface area (Å²) in [5.41, 5.74) is 6.43. The number of benzene rings is 1. The molecule has 0 aliphatic carbocycles. The number of halogens is 1. The van der Waals surface area contributed by atoms with Gasteiger partial charge in [-0.05, 0) is 6.42 Å². The minimum absolute atomic E-state index is 0.0933. The summed E-state index contributed by atoms with van der Waals surface area (Å²) in [5, 5.41) is 2.88. The van der Waals surface area contributed by atoms with Gasteiger partial charge in [-0.25, -0.2) is 4.39 Å². The third-order valence-electron chi connectivity index (χ3n) is 2.49. The highest BCUT2D eigenvalue weighted by Gasteiger charge is 2.10. The van der Waals surface area contributed by atoms with Crippen LogP contribution >= 0.6 is 0 Å². The summed E-state index contributed by atoms with van der Waals surface area (Å²) in [6, 6.07) is 2.66. The van der Waals surface area contributed by atoms with Crippen molar-refractivity contribution in [2.75, 3.05) is 38.3 Å². The molecule has 0 bridgehead atoms. The van der Waals surface area contributed by atoms with E-state index in [1.165, 1.54) is 17.0 Å².